The SMILES string of the molecule is CNC(=O)c1cccc(C2=C(C(=O)O)N3C(=O)[C@H]([C@@H](C)O)[C@H]3C2)c1.CNC(=S)c1ccc(C2=C(C(=O)O)N3C(=O)[C@H]([C@@H](C)O)[C@H]3C2)cc1.CNC(=S)c1ccc(C2=C(C(=O)OCOC(=O)C(C)(C)C)N3C(=O)[C@H]([C@@H](C)O)[C@H]3C2)cc1.CNC(=S)c1cccc(C2=C(C(=O)O)N3C(=O)[C@H]([C@@H](C)O)[C@H]3C2)c1.CNC(=S)c1cccc(C2=C(C(=O)OCOC(=O)C(C)(C)C)N3C(=O)[C@H]([C@@H](C)O)[C@H]3C2)c1. The highest BCUT2D eigenvalue weighted by molar-refractivity contribution is 7.81. The van der Waals surface area contributed by atoms with E-state index in [0.717, 1.165) is 44.5 Å². The van der Waals surface area contributed by atoms with Gasteiger partial charge in [-0.05, 0) is 188 Å². The van der Waals surface area contributed by atoms with Gasteiger partial charge >= 0.3 is 41.8 Å². The summed E-state index contributed by atoms with van der Waals surface area (Å²) in [6, 6.07) is 34.3. The Morgan fingerprint density at radius 2 is 0.559 bits per heavy atom. The van der Waals surface area contributed by atoms with E-state index in [2.05, 4.69) is 26.6 Å². The van der Waals surface area contributed by atoms with Crippen molar-refractivity contribution < 1.29 is 122 Å². The lowest BCUT2D eigenvalue weighted by Gasteiger charge is -2.44. The summed E-state index contributed by atoms with van der Waals surface area (Å²) in [6.07, 6.45) is -2.09. The van der Waals surface area contributed by atoms with Gasteiger partial charge in [0.1, 0.15) is 48.4 Å². The molecule has 0 aromatic heterocycles. The van der Waals surface area contributed by atoms with Crippen molar-refractivity contribution in [3.63, 3.8) is 0 Å². The normalized spacial score (nSPS) is 22.4. The van der Waals surface area contributed by atoms with E-state index in [-0.39, 0.29) is 94.1 Å². The van der Waals surface area contributed by atoms with Gasteiger partial charge in [0.05, 0.1) is 101 Å². The molecule has 0 unspecified atom stereocenters. The van der Waals surface area contributed by atoms with Crippen molar-refractivity contribution in [2.24, 2.45) is 40.4 Å². The maximum absolute atomic E-state index is 13.0. The van der Waals surface area contributed by atoms with Crippen molar-refractivity contribution in [3.05, 3.63) is 205 Å². The second-order valence-electron chi connectivity index (χ2n) is 36.0. The number of carboxylic acid groups (broad SMARTS) is 3. The number of nitrogens with one attached hydrogen (secondary N) is 5. The minimum atomic E-state index is -1.18. The van der Waals surface area contributed by atoms with Crippen LogP contribution in [-0.2, 0) is 76.5 Å². The number of esters is 4. The van der Waals surface area contributed by atoms with Gasteiger partial charge < -0.3 is 111 Å². The highest BCUT2D eigenvalue weighted by Gasteiger charge is 2.62. The number of carboxylic acids is 3. The van der Waals surface area contributed by atoms with E-state index in [9.17, 15) is 103 Å². The third-order valence-corrected chi connectivity index (χ3v) is 26.9. The summed E-state index contributed by atoms with van der Waals surface area (Å²) in [7, 11) is 8.45. The molecule has 15 rings (SSSR count). The molecule has 0 bridgehead atoms. The van der Waals surface area contributed by atoms with Crippen LogP contribution in [0.15, 0.2) is 150 Å². The number of aliphatic hydroxyl groups excluding tert-OH is 5. The van der Waals surface area contributed by atoms with Crippen LogP contribution in [0, 0.1) is 40.4 Å². The van der Waals surface area contributed by atoms with Crippen LogP contribution in [0.2, 0.25) is 0 Å². The van der Waals surface area contributed by atoms with Gasteiger partial charge in [-0.3, -0.25) is 38.4 Å². The number of aliphatic carboxylic acids is 3. The maximum atomic E-state index is 13.0. The van der Waals surface area contributed by atoms with Gasteiger partial charge in [0.25, 0.3) is 5.91 Å². The zero-order valence-corrected chi connectivity index (χ0v) is 80.8. The van der Waals surface area contributed by atoms with Crippen molar-refractivity contribution in [2.45, 2.75) is 169 Å². The Morgan fingerprint density at radius 1 is 0.331 bits per heavy atom. The molecule has 5 saturated heterocycles. The number of benzene rings is 5. The lowest BCUT2D eigenvalue weighted by atomic mass is 9.82. The first-order valence-corrected chi connectivity index (χ1v) is 45.4. The molecule has 0 aliphatic carbocycles. The molecule has 39 heteroatoms. The van der Waals surface area contributed by atoms with Crippen LogP contribution in [0.3, 0.4) is 0 Å². The lowest BCUT2D eigenvalue weighted by molar-refractivity contribution is -0.175. The molecule has 10 heterocycles. The molecule has 0 saturated carbocycles. The molecule has 0 radical (unpaired) electrons. The number of nitrogens with zero attached hydrogens (tertiary/aromatic N) is 5. The van der Waals surface area contributed by atoms with E-state index >= 15 is 0 Å². The predicted octanol–water partition coefficient (Wildman–Crippen LogP) is 6.42. The number of fused-ring (bicyclic) bond motifs is 5. The minimum Gasteiger partial charge on any atom is -0.477 e. The monoisotopic (exact) mass is 1940 g/mol. The third kappa shape index (κ3) is 20.7. The summed E-state index contributed by atoms with van der Waals surface area (Å²) >= 11 is 21.0. The smallest absolute Gasteiger partial charge is 0.358 e. The predicted molar refractivity (Wildman–Crippen MR) is 511 cm³/mol. The molecule has 10 aliphatic heterocycles. The van der Waals surface area contributed by atoms with Crippen LogP contribution < -0.4 is 26.6 Å². The maximum Gasteiger partial charge on any atom is 0.358 e. The Balaban J connectivity index is 0.000000164. The molecule has 5 fully saturated rings. The average molecular weight is 1940 g/mol. The Labute approximate surface area is 806 Å². The Kier molecular flexibility index (Phi) is 32.2. The molecule has 10 aliphatic rings. The van der Waals surface area contributed by atoms with Crippen LogP contribution >= 0.6 is 48.9 Å². The first-order chi connectivity index (χ1) is 64.0. The first-order valence-electron chi connectivity index (χ1n) is 43.8. The highest BCUT2D eigenvalue weighted by atomic mass is 32.1. The highest BCUT2D eigenvalue weighted by Crippen LogP contribution is 2.53. The van der Waals surface area contributed by atoms with Gasteiger partial charge in [-0.2, -0.15) is 0 Å². The number of carbonyl (C=O) groups excluding carboxylic acids is 10. The molecular weight excluding hydrogens is 1830 g/mol. The van der Waals surface area contributed by atoms with Crippen LogP contribution in [0.5, 0.6) is 0 Å². The molecule has 5 aromatic rings. The van der Waals surface area contributed by atoms with E-state index in [1.807, 2.05) is 97.1 Å². The fourth-order valence-electron chi connectivity index (χ4n) is 18.4. The number of carbonyl (C=O) groups is 13. The molecule has 6 amide bonds. The van der Waals surface area contributed by atoms with Gasteiger partial charge in [0, 0.05) is 63.1 Å². The quantitative estimate of drug-likeness (QED) is 0.0137. The number of aliphatic hydroxyl groups is 5. The van der Waals surface area contributed by atoms with Gasteiger partial charge in [0.2, 0.25) is 43.1 Å². The molecular formula is C97H110N10O25S4. The fraction of sp³-hybridized carbons (Fsp3) is 0.412. The number of thiocarbonyl (C=S) groups is 4. The number of rotatable bonds is 24. The van der Waals surface area contributed by atoms with Crippen molar-refractivity contribution >= 4 is 174 Å². The zero-order valence-electron chi connectivity index (χ0n) is 77.5. The first kappa shape index (κ1) is 104. The van der Waals surface area contributed by atoms with E-state index in [4.69, 9.17) is 67.8 Å². The van der Waals surface area contributed by atoms with Crippen LogP contribution in [-0.4, -0.2) is 272 Å². The summed E-state index contributed by atoms with van der Waals surface area (Å²) in [5, 5.41) is 92.2. The van der Waals surface area contributed by atoms with E-state index in [0.29, 0.717) is 91.1 Å². The number of hydrogen-bond donors (Lipinski definition) is 13. The number of hydrogen-bond acceptors (Lipinski definition) is 26. The number of amides is 6. The van der Waals surface area contributed by atoms with Crippen LogP contribution in [0.4, 0.5) is 0 Å². The summed E-state index contributed by atoms with van der Waals surface area (Å²) in [5.41, 5.74) is 8.91. The fourth-order valence-corrected chi connectivity index (χ4v) is 18.9. The minimum absolute atomic E-state index is 0.00873. The second-order valence-corrected chi connectivity index (χ2v) is 37.7. The second kappa shape index (κ2) is 42.3. The molecule has 0 spiro atoms. The Morgan fingerprint density at radius 3 is 0.801 bits per heavy atom. The molecule has 13 N–H and O–H groups in total. The molecule has 136 heavy (non-hydrogen) atoms. The Hall–Kier alpha value is -12.7. The van der Waals surface area contributed by atoms with Crippen molar-refractivity contribution in [1.29, 1.82) is 0 Å². The summed E-state index contributed by atoms with van der Waals surface area (Å²) in [4.78, 5) is 168. The molecule has 722 valence electrons. The summed E-state index contributed by atoms with van der Waals surface area (Å²) in [6.45, 7) is 16.8. The summed E-state index contributed by atoms with van der Waals surface area (Å²) < 4.78 is 20.5. The molecule has 35 nitrogen and oxygen atoms in total. The zero-order chi connectivity index (χ0) is 100. The van der Waals surface area contributed by atoms with Gasteiger partial charge in [-0.15, -0.1) is 0 Å². The standard InChI is InChI=1S/2C23H28N2O6S.C17H18N2O5.2C17H18N2O4S/c1-12(26)17-16-10-15(13-6-8-14(9-7-13)19(32)24-5)18(25(16)20(17)27)21(28)30-11-31-22(29)23(2,3)4;1-12(26)17-16-10-15(13-7-6-8-14(9-13)19(32)24-5)18(25(16)20(17)27)21(28)30-11-31-22(29)23(2,3)4;1-8(20)13-12-7-11(14(17(23)24)19(12)16(13)22)9-4-3-5-10(6-9)15(21)18-2;1-8(20)13-12-7-11(14(17(22)23)19(12)16(13)21)9-3-5-10(6-4-9)15(24)18-2;1-8(20)13-12-7-11(14(17(22)23)19(12)16(13)21)9-4-3-5-10(6-9)15(24)18-2/h2*6-9,12,16-17,26H,10-11H2,1-5H3,(H,24,32);3-6,8,12-13,20H,7H2,1-2H3,(H,18,21)(H,23,24);2*3-6,8,12-13,20H,7H2,1-2H3,(H,18,24)(H,22,23)/t2*12-,16-,17-;3*8-,12-,13-/m11111/s1. The van der Waals surface area contributed by atoms with Gasteiger partial charge in [-0.1, -0.05) is 146 Å². The van der Waals surface area contributed by atoms with E-state index in [1.165, 1.54) is 38.5 Å². The summed E-state index contributed by atoms with van der Waals surface area (Å²) in [5.74, 6) is -10.8. The lowest BCUT2D eigenvalue weighted by Crippen LogP contribution is -2.61. The van der Waals surface area contributed by atoms with Gasteiger partial charge in [0.15, 0.2) is 0 Å². The topological polar surface area (TPSA) is 497 Å². The third-order valence-electron chi connectivity index (χ3n) is 25.2. The number of β-lactam (4-membered cyclic amide) rings is 5. The van der Waals surface area contributed by atoms with Crippen LogP contribution in [0.25, 0.3) is 27.9 Å². The van der Waals surface area contributed by atoms with Crippen molar-refractivity contribution in [3.8, 4) is 0 Å². The number of ether oxygens (including phenoxy) is 4. The average Bonchev–Trinajstić information content (AvgIpc) is 1.58. The van der Waals surface area contributed by atoms with Gasteiger partial charge in [-0.25, -0.2) is 24.0 Å². The van der Waals surface area contributed by atoms with Crippen molar-refractivity contribution in [2.75, 3.05) is 48.8 Å². The Bertz CT molecular complexity index is 5770. The van der Waals surface area contributed by atoms with Crippen molar-refractivity contribution in [1.82, 2.24) is 51.1 Å². The van der Waals surface area contributed by atoms with Crippen LogP contribution in [0.1, 0.15) is 169 Å². The van der Waals surface area contributed by atoms with E-state index in [1.54, 1.807) is 122 Å². The van der Waals surface area contributed by atoms with E-state index < -0.39 is 126 Å². The largest absolute Gasteiger partial charge is 0.477 e. The molecule has 15 atom stereocenters. The molecule has 5 aromatic carbocycles.